The van der Waals surface area contributed by atoms with E-state index < -0.39 is 11.9 Å². The summed E-state index contributed by atoms with van der Waals surface area (Å²) >= 11 is 0. The minimum absolute atomic E-state index is 0.193. The maximum Gasteiger partial charge on any atom is 0.335 e. The van der Waals surface area contributed by atoms with E-state index in [9.17, 15) is 9.59 Å². The molecule has 0 bridgehead atoms. The van der Waals surface area contributed by atoms with Crippen LogP contribution in [0, 0.1) is 0 Å². The summed E-state index contributed by atoms with van der Waals surface area (Å²) in [7, 11) is 3.20. The molecule has 0 aromatic heterocycles. The van der Waals surface area contributed by atoms with Crippen molar-refractivity contribution in [2.75, 3.05) is 11.5 Å². The van der Waals surface area contributed by atoms with Gasteiger partial charge in [0.1, 0.15) is 0 Å². The quantitative estimate of drug-likeness (QED) is 0.379. The molecule has 2 aromatic rings. The third-order valence-electron chi connectivity index (χ3n) is 3.75. The Balaban J connectivity index is 1.76. The Labute approximate surface area is 159 Å². The van der Waals surface area contributed by atoms with Crippen molar-refractivity contribution >= 4 is 33.5 Å². The average Bonchev–Trinajstić information content (AvgIpc) is 2.65. The van der Waals surface area contributed by atoms with E-state index in [1.807, 2.05) is 0 Å². The predicted molar refractivity (Wildman–Crippen MR) is 106 cm³/mol. The minimum Gasteiger partial charge on any atom is -0.478 e. The lowest BCUT2D eigenvalue weighted by molar-refractivity contribution is 0.0686. The van der Waals surface area contributed by atoms with E-state index in [1.54, 1.807) is 70.1 Å². The molecule has 0 aliphatic carbocycles. The number of carboxylic acid groups (broad SMARTS) is 2. The van der Waals surface area contributed by atoms with Crippen molar-refractivity contribution in [3.63, 3.8) is 0 Å². The molecule has 2 aromatic carbocycles. The summed E-state index contributed by atoms with van der Waals surface area (Å²) in [6.45, 7) is 0. The molecule has 138 valence electrons. The Bertz CT molecular complexity index is 685. The van der Waals surface area contributed by atoms with Crippen molar-refractivity contribution in [1.82, 2.24) is 0 Å². The normalized spacial score (nSPS) is 13.2. The third kappa shape index (κ3) is 5.77. The fourth-order valence-electron chi connectivity index (χ4n) is 2.18. The zero-order chi connectivity index (χ0) is 19.1. The molecule has 0 fully saturated rings. The molecule has 26 heavy (non-hydrogen) atoms. The molecule has 0 aliphatic heterocycles. The van der Waals surface area contributed by atoms with Gasteiger partial charge in [-0.15, -0.1) is 0 Å². The summed E-state index contributed by atoms with van der Waals surface area (Å²) in [6.07, 6.45) is 0. The zero-order valence-corrected chi connectivity index (χ0v) is 15.5. The van der Waals surface area contributed by atoms with Crippen LogP contribution in [0.25, 0.3) is 0 Å². The standard InChI is InChI=1S/C18H20N2O4S2/c19-15(11-1-5-13(6-2-11)17(21)22)9-25-26-10-16(20)12-3-7-14(8-4-12)18(23)24/h1-8,15-16H,9-10,19-20H2,(H,21,22)(H,23,24)/t15-,16+. The first-order valence-corrected chi connectivity index (χ1v) is 10.3. The van der Waals surface area contributed by atoms with Crippen molar-refractivity contribution in [1.29, 1.82) is 0 Å². The van der Waals surface area contributed by atoms with Crippen molar-refractivity contribution in [3.05, 3.63) is 70.8 Å². The van der Waals surface area contributed by atoms with Gasteiger partial charge in [0.2, 0.25) is 0 Å². The van der Waals surface area contributed by atoms with Gasteiger partial charge in [0.05, 0.1) is 11.1 Å². The van der Waals surface area contributed by atoms with Crippen LogP contribution in [0.4, 0.5) is 0 Å². The van der Waals surface area contributed by atoms with E-state index in [0.717, 1.165) is 11.1 Å². The molecule has 0 saturated carbocycles. The number of rotatable bonds is 9. The van der Waals surface area contributed by atoms with Gasteiger partial charge in [0.25, 0.3) is 0 Å². The smallest absolute Gasteiger partial charge is 0.335 e. The highest BCUT2D eigenvalue weighted by atomic mass is 33.1. The predicted octanol–water partition coefficient (Wildman–Crippen LogP) is 3.16. The number of carboxylic acids is 2. The van der Waals surface area contributed by atoms with Crippen molar-refractivity contribution in [2.45, 2.75) is 12.1 Å². The zero-order valence-electron chi connectivity index (χ0n) is 13.9. The lowest BCUT2D eigenvalue weighted by Crippen LogP contribution is -2.14. The van der Waals surface area contributed by atoms with Gasteiger partial charge < -0.3 is 21.7 Å². The summed E-state index contributed by atoms with van der Waals surface area (Å²) in [5, 5.41) is 17.8. The molecule has 8 heteroatoms. The topological polar surface area (TPSA) is 127 Å². The van der Waals surface area contributed by atoms with Gasteiger partial charge in [-0.25, -0.2) is 9.59 Å². The number of aromatic carboxylic acids is 2. The lowest BCUT2D eigenvalue weighted by atomic mass is 10.1. The molecular formula is C18H20N2O4S2. The van der Waals surface area contributed by atoms with E-state index in [0.29, 0.717) is 11.5 Å². The van der Waals surface area contributed by atoms with Crippen molar-refractivity contribution < 1.29 is 19.8 Å². The van der Waals surface area contributed by atoms with Gasteiger partial charge in [-0.1, -0.05) is 45.9 Å². The fraction of sp³-hybridized carbons (Fsp3) is 0.222. The number of carbonyl (C=O) groups is 2. The Hall–Kier alpha value is -2.00. The van der Waals surface area contributed by atoms with Crippen LogP contribution >= 0.6 is 21.6 Å². The van der Waals surface area contributed by atoms with Gasteiger partial charge >= 0.3 is 11.9 Å². The molecule has 0 heterocycles. The van der Waals surface area contributed by atoms with E-state index in [4.69, 9.17) is 21.7 Å². The number of hydrogen-bond acceptors (Lipinski definition) is 6. The molecule has 2 atom stereocenters. The second-order valence-electron chi connectivity index (χ2n) is 5.64. The largest absolute Gasteiger partial charge is 0.478 e. The van der Waals surface area contributed by atoms with E-state index in [1.165, 1.54) is 0 Å². The van der Waals surface area contributed by atoms with Gasteiger partial charge in [-0.2, -0.15) is 0 Å². The van der Waals surface area contributed by atoms with Crippen LogP contribution in [0.15, 0.2) is 48.5 Å². The second kappa shape index (κ2) is 9.63. The minimum atomic E-state index is -0.958. The van der Waals surface area contributed by atoms with E-state index >= 15 is 0 Å². The maximum absolute atomic E-state index is 10.8. The van der Waals surface area contributed by atoms with Crippen LogP contribution in [-0.2, 0) is 0 Å². The fourth-order valence-corrected chi connectivity index (χ4v) is 4.51. The van der Waals surface area contributed by atoms with E-state index in [2.05, 4.69) is 0 Å². The van der Waals surface area contributed by atoms with Crippen LogP contribution in [0.3, 0.4) is 0 Å². The summed E-state index contributed by atoms with van der Waals surface area (Å²) in [6, 6.07) is 12.7. The van der Waals surface area contributed by atoms with E-state index in [-0.39, 0.29) is 23.2 Å². The third-order valence-corrected chi connectivity index (χ3v) is 6.22. The monoisotopic (exact) mass is 392 g/mol. The molecule has 0 radical (unpaired) electrons. The van der Waals surface area contributed by atoms with Crippen LogP contribution in [0.1, 0.15) is 43.9 Å². The van der Waals surface area contributed by atoms with Gasteiger partial charge in [0, 0.05) is 23.6 Å². The highest BCUT2D eigenvalue weighted by molar-refractivity contribution is 8.76. The molecule has 0 aliphatic rings. The Morgan fingerprint density at radius 1 is 0.731 bits per heavy atom. The summed E-state index contributed by atoms with van der Waals surface area (Å²) in [5.74, 6) is -0.579. The van der Waals surface area contributed by atoms with Gasteiger partial charge in [0.15, 0.2) is 0 Å². The summed E-state index contributed by atoms with van der Waals surface area (Å²) < 4.78 is 0. The molecule has 0 spiro atoms. The summed E-state index contributed by atoms with van der Waals surface area (Å²) in [5.41, 5.74) is 14.5. The lowest BCUT2D eigenvalue weighted by Gasteiger charge is -2.14. The molecule has 0 amide bonds. The van der Waals surface area contributed by atoms with Crippen LogP contribution in [-0.4, -0.2) is 33.7 Å². The Morgan fingerprint density at radius 2 is 1.04 bits per heavy atom. The van der Waals surface area contributed by atoms with Gasteiger partial charge in [-0.05, 0) is 35.4 Å². The Morgan fingerprint density at radius 3 is 1.31 bits per heavy atom. The number of hydrogen-bond donors (Lipinski definition) is 4. The maximum atomic E-state index is 10.8. The molecule has 6 nitrogen and oxygen atoms in total. The molecule has 0 unspecified atom stereocenters. The highest BCUT2D eigenvalue weighted by Crippen LogP contribution is 2.29. The first-order valence-electron chi connectivity index (χ1n) is 7.80. The number of nitrogens with two attached hydrogens (primary N) is 2. The molecule has 6 N–H and O–H groups in total. The first-order chi connectivity index (χ1) is 12.4. The molecule has 0 saturated heterocycles. The Kier molecular flexibility index (Phi) is 7.52. The van der Waals surface area contributed by atoms with Crippen LogP contribution in [0.5, 0.6) is 0 Å². The van der Waals surface area contributed by atoms with Crippen molar-refractivity contribution in [3.8, 4) is 0 Å². The average molecular weight is 393 g/mol. The first kappa shape index (κ1) is 20.3. The van der Waals surface area contributed by atoms with Crippen LogP contribution in [0.2, 0.25) is 0 Å². The number of benzene rings is 2. The van der Waals surface area contributed by atoms with Crippen LogP contribution < -0.4 is 11.5 Å². The molecular weight excluding hydrogens is 372 g/mol. The molecule has 2 rings (SSSR count). The van der Waals surface area contributed by atoms with Gasteiger partial charge in [-0.3, -0.25) is 0 Å². The van der Waals surface area contributed by atoms with Crippen molar-refractivity contribution in [2.24, 2.45) is 11.5 Å². The second-order valence-corrected chi connectivity index (χ2v) is 8.19. The summed E-state index contributed by atoms with van der Waals surface area (Å²) in [4.78, 5) is 21.7. The highest BCUT2D eigenvalue weighted by Gasteiger charge is 2.11. The SMILES string of the molecule is N[C@H](CSSC[C@H](N)c1ccc(C(=O)O)cc1)c1ccc(C(=O)O)cc1.